The Morgan fingerprint density at radius 1 is 0.339 bits per heavy atom. The zero-order valence-electron chi connectivity index (χ0n) is 38.2. The van der Waals surface area contributed by atoms with Crippen LogP contribution in [0.4, 0.5) is 0 Å². The van der Waals surface area contributed by atoms with Crippen LogP contribution in [0.1, 0.15) is 6.85 Å². The van der Waals surface area contributed by atoms with E-state index < -0.39 is 6.04 Å². The van der Waals surface area contributed by atoms with Crippen LogP contribution in [0.3, 0.4) is 0 Å². The van der Waals surface area contributed by atoms with E-state index in [1.807, 2.05) is 109 Å². The lowest BCUT2D eigenvalue weighted by Gasteiger charge is -2.17. The summed E-state index contributed by atoms with van der Waals surface area (Å²) in [6.07, 6.45) is 0. The van der Waals surface area contributed by atoms with Crippen molar-refractivity contribution in [2.24, 2.45) is 0 Å². The van der Waals surface area contributed by atoms with Gasteiger partial charge in [0, 0.05) is 38.2 Å². The smallest absolute Gasteiger partial charge is 0.238 e. The van der Waals surface area contributed by atoms with Crippen LogP contribution in [0.25, 0.3) is 111 Å². The topological polar surface area (TPSA) is 48.5 Å². The second kappa shape index (κ2) is 14.7. The number of para-hydroxylation sites is 2. The molecule has 3 aromatic heterocycles. The van der Waals surface area contributed by atoms with Crippen LogP contribution in [0.15, 0.2) is 224 Å². The van der Waals surface area contributed by atoms with Gasteiger partial charge in [-0.25, -0.2) is 4.98 Å². The van der Waals surface area contributed by atoms with Gasteiger partial charge >= 0.3 is 0 Å². The molecule has 0 aliphatic carbocycles. The second-order valence-corrected chi connectivity index (χ2v) is 15.3. The van der Waals surface area contributed by atoms with Gasteiger partial charge in [0.25, 0.3) is 0 Å². The van der Waals surface area contributed by atoms with Gasteiger partial charge in [-0.3, -0.25) is 4.57 Å². The number of aromatic nitrogens is 5. The zero-order chi connectivity index (χ0) is 45.3. The first-order chi connectivity index (χ1) is 32.8. The van der Waals surface area contributed by atoms with Crippen molar-refractivity contribution in [1.29, 1.82) is 0 Å². The van der Waals surface area contributed by atoms with Crippen molar-refractivity contribution in [3.05, 3.63) is 224 Å². The molecule has 0 fully saturated rings. The molecule has 9 aromatic carbocycles. The van der Waals surface area contributed by atoms with Crippen LogP contribution in [0.5, 0.6) is 0 Å². The van der Waals surface area contributed by atoms with E-state index in [2.05, 4.69) is 94.1 Å². The lowest BCUT2D eigenvalue weighted by molar-refractivity contribution is 0.953. The number of rotatable bonds is 7. The van der Waals surface area contributed by atoms with Gasteiger partial charge in [-0.1, -0.05) is 206 Å². The molecule has 0 N–H and O–H groups in total. The minimum absolute atomic E-state index is 0.134. The van der Waals surface area contributed by atoms with Crippen molar-refractivity contribution in [2.75, 3.05) is 0 Å². The summed E-state index contributed by atoms with van der Waals surface area (Å²) in [5, 5.41) is 4.02. The van der Waals surface area contributed by atoms with Crippen LogP contribution < -0.4 is 0 Å². The third-order valence-electron chi connectivity index (χ3n) is 11.7. The van der Waals surface area contributed by atoms with Crippen molar-refractivity contribution < 1.29 is 6.85 Å². The molecule has 62 heavy (non-hydrogen) atoms. The van der Waals surface area contributed by atoms with Gasteiger partial charge in [-0.15, -0.1) is 0 Å². The molecular weight excluding hydrogens is 755 g/mol. The maximum Gasteiger partial charge on any atom is 0.238 e. The Morgan fingerprint density at radius 2 is 0.806 bits per heavy atom. The lowest BCUT2D eigenvalue weighted by atomic mass is 9.98. The van der Waals surface area contributed by atoms with Crippen LogP contribution in [-0.2, 0) is 0 Å². The molecule has 5 nitrogen and oxygen atoms in total. The Hall–Kier alpha value is -8.41. The highest BCUT2D eigenvalue weighted by molar-refractivity contribution is 6.24. The predicted molar refractivity (Wildman–Crippen MR) is 256 cm³/mol. The Labute approximate surface area is 365 Å². The normalized spacial score (nSPS) is 12.7. The van der Waals surface area contributed by atoms with Gasteiger partial charge in [0.15, 0.2) is 11.6 Å². The van der Waals surface area contributed by atoms with Gasteiger partial charge < -0.3 is 4.57 Å². The van der Waals surface area contributed by atoms with Gasteiger partial charge in [0.1, 0.15) is 0 Å². The number of fused-ring (bicyclic) bond motifs is 7. The number of benzene rings is 9. The molecule has 0 unspecified atom stereocenters. The quantitative estimate of drug-likeness (QED) is 0.161. The second-order valence-electron chi connectivity index (χ2n) is 15.3. The van der Waals surface area contributed by atoms with Crippen LogP contribution in [0.2, 0.25) is 0 Å². The molecule has 0 atom stereocenters. The average Bonchev–Trinajstić information content (AvgIpc) is 3.91. The summed E-state index contributed by atoms with van der Waals surface area (Å²) in [4.78, 5) is 15.8. The number of hydrogen-bond donors (Lipinski definition) is 0. The van der Waals surface area contributed by atoms with E-state index in [1.54, 1.807) is 0 Å². The molecule has 290 valence electrons. The van der Waals surface area contributed by atoms with Gasteiger partial charge in [0.2, 0.25) is 5.95 Å². The highest BCUT2D eigenvalue weighted by atomic mass is 15.2. The van der Waals surface area contributed by atoms with E-state index in [1.165, 1.54) is 0 Å². The predicted octanol–water partition coefficient (Wildman–Crippen LogP) is 14.4. The Bertz CT molecular complexity index is 3880. The molecule has 12 rings (SSSR count). The summed E-state index contributed by atoms with van der Waals surface area (Å²) in [6.45, 7) is 0. The maximum absolute atomic E-state index is 9.00. The third kappa shape index (κ3) is 5.90. The van der Waals surface area contributed by atoms with Crippen LogP contribution in [-0.4, -0.2) is 24.1 Å². The van der Waals surface area contributed by atoms with Crippen molar-refractivity contribution in [3.8, 4) is 67.8 Å². The molecule has 5 heteroatoms. The molecule has 0 spiro atoms. The van der Waals surface area contributed by atoms with E-state index in [9.17, 15) is 0 Å². The van der Waals surface area contributed by atoms with Gasteiger partial charge in [-0.05, 0) is 46.0 Å². The zero-order valence-corrected chi connectivity index (χ0v) is 33.2. The largest absolute Gasteiger partial charge is 0.307 e. The fourth-order valence-electron chi connectivity index (χ4n) is 8.84. The van der Waals surface area contributed by atoms with Crippen molar-refractivity contribution in [2.45, 2.75) is 0 Å². The Balaban J connectivity index is 1.20. The van der Waals surface area contributed by atoms with E-state index in [0.29, 0.717) is 23.2 Å². The van der Waals surface area contributed by atoms with Crippen molar-refractivity contribution in [1.82, 2.24) is 24.1 Å². The first-order valence-electron chi connectivity index (χ1n) is 23.0. The molecular formula is C57H37N5. The summed E-state index contributed by atoms with van der Waals surface area (Å²) in [7, 11) is 0. The fraction of sp³-hybridized carbons (Fsp3) is 0. The molecule has 0 amide bonds. The molecule has 0 saturated heterocycles. The minimum atomic E-state index is -0.432. The van der Waals surface area contributed by atoms with E-state index >= 15 is 0 Å². The Morgan fingerprint density at radius 3 is 1.44 bits per heavy atom. The van der Waals surface area contributed by atoms with Crippen molar-refractivity contribution in [3.63, 3.8) is 0 Å². The van der Waals surface area contributed by atoms with Gasteiger partial charge in [0.05, 0.1) is 34.6 Å². The highest BCUT2D eigenvalue weighted by Gasteiger charge is 2.25. The van der Waals surface area contributed by atoms with E-state index in [0.717, 1.165) is 82.7 Å². The molecule has 3 heterocycles. The summed E-state index contributed by atoms with van der Waals surface area (Å²) in [6, 6.07) is 63.7. The number of nitrogens with zero attached hydrogens (tertiary/aromatic N) is 5. The molecule has 12 aromatic rings. The molecule has 0 radical (unpaired) electrons. The summed E-state index contributed by atoms with van der Waals surface area (Å²) < 4.78 is 47.9. The molecule has 0 saturated carbocycles. The maximum atomic E-state index is 9.00. The van der Waals surface area contributed by atoms with E-state index in [4.69, 9.17) is 21.8 Å². The SMILES string of the molecule is [2H]c1c([2H])c([2H])c(-c2ccc(-c3ccccc3)c(-n3c4ccccc4c4ccc5c6ccccc6n(-c6nc(-c7ccccc7)nc(-c7ccc(-c8ccccc8)cc7)n6)c5c43)c2)c([2H])c1[2H]. The fourth-order valence-corrected chi connectivity index (χ4v) is 8.84. The monoisotopic (exact) mass is 796 g/mol. The first kappa shape index (κ1) is 30.6. The average molecular weight is 797 g/mol. The standard InChI is InChI=1S/C57H37N5/c1-5-17-38(18-6-1)40-29-31-43(32-30-40)56-58-55(42-23-11-4-12-24-42)59-57(60-56)62-51-28-16-14-26-47(51)49-36-35-48-46-25-13-15-27-50(46)61(53(48)54(49)62)52-37-44(39-19-7-2-8-20-39)33-34-45(52)41-21-9-3-10-22-41/h1-37H/i2D,7D,8D,19D,20D. The van der Waals surface area contributed by atoms with Gasteiger partial charge in [-0.2, -0.15) is 9.97 Å². The lowest BCUT2D eigenvalue weighted by Crippen LogP contribution is -2.07. The molecule has 0 bridgehead atoms. The summed E-state index contributed by atoms with van der Waals surface area (Å²) in [5.41, 5.74) is 10.8. The van der Waals surface area contributed by atoms with E-state index in [-0.39, 0.29) is 29.7 Å². The van der Waals surface area contributed by atoms with Crippen LogP contribution >= 0.6 is 0 Å². The van der Waals surface area contributed by atoms with Crippen LogP contribution in [0, 0.1) is 0 Å². The molecule has 0 aliphatic heterocycles. The number of hydrogen-bond acceptors (Lipinski definition) is 3. The minimum Gasteiger partial charge on any atom is -0.307 e. The van der Waals surface area contributed by atoms with Crippen molar-refractivity contribution >= 4 is 43.6 Å². The Kier molecular flexibility index (Phi) is 7.25. The summed E-state index contributed by atoms with van der Waals surface area (Å²) in [5.74, 6) is 1.51. The third-order valence-corrected chi connectivity index (χ3v) is 11.7. The highest BCUT2D eigenvalue weighted by Crippen LogP contribution is 2.44. The first-order valence-corrected chi connectivity index (χ1v) is 20.5. The summed E-state index contributed by atoms with van der Waals surface area (Å²) >= 11 is 0. The molecule has 0 aliphatic rings.